The van der Waals surface area contributed by atoms with E-state index in [1.165, 1.54) is 16.7 Å². The molecule has 9 heteroatoms. The largest absolute Gasteiger partial charge is 0.497 e. The van der Waals surface area contributed by atoms with Crippen molar-refractivity contribution in [2.24, 2.45) is 0 Å². The zero-order chi connectivity index (χ0) is 24.2. The lowest BCUT2D eigenvalue weighted by molar-refractivity contribution is 0.402. The first-order valence-electron chi connectivity index (χ1n) is 10.7. The number of hydrogen-bond acceptors (Lipinski definition) is 6. The van der Waals surface area contributed by atoms with E-state index in [9.17, 15) is 18.3 Å². The number of rotatable bonds is 9. The van der Waals surface area contributed by atoms with Crippen LogP contribution in [-0.4, -0.2) is 30.2 Å². The van der Waals surface area contributed by atoms with Gasteiger partial charge in [-0.2, -0.15) is 4.98 Å². The summed E-state index contributed by atoms with van der Waals surface area (Å²) >= 11 is 3.28. The zero-order valence-corrected chi connectivity index (χ0v) is 21.2. The number of sulfone groups is 1. The van der Waals surface area contributed by atoms with Gasteiger partial charge in [-0.25, -0.2) is 8.42 Å². The van der Waals surface area contributed by atoms with Crippen molar-refractivity contribution in [3.63, 3.8) is 0 Å². The van der Waals surface area contributed by atoms with Crippen LogP contribution in [0.1, 0.15) is 50.5 Å². The van der Waals surface area contributed by atoms with E-state index in [2.05, 4.69) is 20.9 Å². The molecule has 7 nitrogen and oxygen atoms in total. The van der Waals surface area contributed by atoms with Gasteiger partial charge in [0, 0.05) is 10.9 Å². The van der Waals surface area contributed by atoms with Crippen molar-refractivity contribution < 1.29 is 18.3 Å². The lowest BCUT2D eigenvalue weighted by Crippen LogP contribution is -2.33. The van der Waals surface area contributed by atoms with Gasteiger partial charge < -0.3 is 9.84 Å². The smallest absolute Gasteiger partial charge is 0.277 e. The van der Waals surface area contributed by atoms with Crippen molar-refractivity contribution in [2.75, 3.05) is 7.11 Å². The predicted octanol–water partition coefficient (Wildman–Crippen LogP) is 4.89. The highest BCUT2D eigenvalue weighted by Crippen LogP contribution is 2.30. The molecule has 0 aliphatic heterocycles. The van der Waals surface area contributed by atoms with Crippen LogP contribution in [-0.2, 0) is 16.3 Å². The monoisotopic (exact) mass is 534 g/mol. The molecule has 0 aliphatic carbocycles. The Kier molecular flexibility index (Phi) is 7.97. The minimum atomic E-state index is -4.30. The minimum Gasteiger partial charge on any atom is -0.497 e. The molecule has 1 atom stereocenters. The Balaban J connectivity index is 2.29. The van der Waals surface area contributed by atoms with Crippen molar-refractivity contribution in [3.8, 4) is 11.6 Å². The number of aromatic hydroxyl groups is 1. The van der Waals surface area contributed by atoms with Gasteiger partial charge in [-0.15, -0.1) is 0 Å². The Morgan fingerprint density at radius 3 is 2.45 bits per heavy atom. The molecule has 176 valence electrons. The molecule has 0 bridgehead atoms. The molecule has 33 heavy (non-hydrogen) atoms. The maximum Gasteiger partial charge on any atom is 0.277 e. The number of hydrogen-bond donors (Lipinski definition) is 1. The van der Waals surface area contributed by atoms with E-state index in [1.807, 2.05) is 32.0 Å². The third-order valence-corrected chi connectivity index (χ3v) is 7.77. The summed E-state index contributed by atoms with van der Waals surface area (Å²) in [5, 5.41) is 10.6. The number of ether oxygens (including phenoxy) is 1. The highest BCUT2D eigenvalue weighted by Gasteiger charge is 2.31. The van der Waals surface area contributed by atoms with Crippen molar-refractivity contribution in [2.45, 2.75) is 55.4 Å². The van der Waals surface area contributed by atoms with E-state index >= 15 is 0 Å². The van der Waals surface area contributed by atoms with Gasteiger partial charge in [0.2, 0.25) is 15.7 Å². The number of aromatic nitrogens is 2. The number of benzene rings is 2. The van der Waals surface area contributed by atoms with Crippen LogP contribution in [0.5, 0.6) is 11.6 Å². The van der Waals surface area contributed by atoms with Gasteiger partial charge in [0.05, 0.1) is 18.0 Å². The van der Waals surface area contributed by atoms with Gasteiger partial charge in [0.1, 0.15) is 11.6 Å². The van der Waals surface area contributed by atoms with Crippen LogP contribution in [0.25, 0.3) is 0 Å². The number of aryl methyl sites for hydroxylation is 1. The number of nitrogens with zero attached hydrogens (tertiary/aromatic N) is 2. The van der Waals surface area contributed by atoms with E-state index in [-0.39, 0.29) is 4.90 Å². The topological polar surface area (TPSA) is 98.5 Å². The minimum absolute atomic E-state index is 0.0952. The predicted molar refractivity (Wildman–Crippen MR) is 130 cm³/mol. The fourth-order valence-corrected chi connectivity index (χ4v) is 5.37. The Morgan fingerprint density at radius 1 is 1.15 bits per heavy atom. The molecule has 1 heterocycles. The van der Waals surface area contributed by atoms with Crippen LogP contribution >= 0.6 is 15.9 Å². The second-order valence-corrected chi connectivity index (χ2v) is 10.4. The zero-order valence-electron chi connectivity index (χ0n) is 18.8. The highest BCUT2D eigenvalue weighted by atomic mass is 79.9. The van der Waals surface area contributed by atoms with E-state index in [0.717, 1.165) is 18.4 Å². The maximum atomic E-state index is 13.7. The summed E-state index contributed by atoms with van der Waals surface area (Å²) in [5.74, 6) is 0.207. The first kappa shape index (κ1) is 25.0. The number of halogens is 1. The van der Waals surface area contributed by atoms with Gasteiger partial charge in [-0.3, -0.25) is 9.36 Å². The summed E-state index contributed by atoms with van der Waals surface area (Å²) in [6.07, 6.45) is 2.53. The molecule has 0 fully saturated rings. The summed E-state index contributed by atoms with van der Waals surface area (Å²) in [6, 6.07) is 12.7. The molecular weight excluding hydrogens is 508 g/mol. The summed E-state index contributed by atoms with van der Waals surface area (Å²) in [4.78, 5) is 17.1. The summed E-state index contributed by atoms with van der Waals surface area (Å²) in [6.45, 7) is 3.92. The molecule has 1 unspecified atom stereocenters. The van der Waals surface area contributed by atoms with Crippen molar-refractivity contribution in [1.82, 2.24) is 9.55 Å². The highest BCUT2D eigenvalue weighted by molar-refractivity contribution is 9.10. The second kappa shape index (κ2) is 10.5. The van der Waals surface area contributed by atoms with Crippen LogP contribution in [0, 0.1) is 0 Å². The van der Waals surface area contributed by atoms with Crippen LogP contribution in [0.2, 0.25) is 0 Å². The Bertz CT molecular complexity index is 1290. The molecular formula is C24H27BrN2O5S. The average Bonchev–Trinajstić information content (AvgIpc) is 2.80. The molecule has 3 rings (SSSR count). The van der Waals surface area contributed by atoms with Gasteiger partial charge in [-0.1, -0.05) is 48.3 Å². The molecule has 2 aromatic carbocycles. The fraction of sp³-hybridized carbons (Fsp3) is 0.333. The standard InChI is InChI=1S/C24H27BrN2O5S/c1-4-6-10-21-26-23(28)22(33(30,31)19-13-11-17(25)12-14-19)24(29)27(21)20(5-2)16-8-7-9-18(15-16)32-3/h7-9,11-15,20,28H,4-6,10H2,1-3H3. The first-order chi connectivity index (χ1) is 15.7. The van der Waals surface area contributed by atoms with Gasteiger partial charge in [0.25, 0.3) is 5.56 Å². The first-order valence-corrected chi connectivity index (χ1v) is 13.0. The van der Waals surface area contributed by atoms with Crippen LogP contribution in [0.3, 0.4) is 0 Å². The Labute approximate surface area is 202 Å². The molecule has 0 saturated carbocycles. The number of methoxy groups -OCH3 is 1. The van der Waals surface area contributed by atoms with Crippen LogP contribution < -0.4 is 10.3 Å². The third-order valence-electron chi connectivity index (χ3n) is 5.45. The lowest BCUT2D eigenvalue weighted by Gasteiger charge is -2.23. The molecule has 0 saturated heterocycles. The normalized spacial score (nSPS) is 12.5. The fourth-order valence-electron chi connectivity index (χ4n) is 3.76. The molecule has 1 N–H and O–H groups in total. The van der Waals surface area contributed by atoms with E-state index < -0.39 is 32.2 Å². The quantitative estimate of drug-likeness (QED) is 0.419. The summed E-state index contributed by atoms with van der Waals surface area (Å²) < 4.78 is 34.2. The number of unbranched alkanes of at least 4 members (excludes halogenated alkanes) is 1. The Morgan fingerprint density at radius 2 is 1.85 bits per heavy atom. The molecule has 3 aromatic rings. The molecule has 0 aliphatic rings. The lowest BCUT2D eigenvalue weighted by atomic mass is 10.0. The second-order valence-electron chi connectivity index (χ2n) is 7.62. The van der Waals surface area contributed by atoms with Crippen LogP contribution in [0.15, 0.2) is 67.6 Å². The maximum absolute atomic E-state index is 13.7. The third kappa shape index (κ3) is 5.14. The summed E-state index contributed by atoms with van der Waals surface area (Å²) in [7, 11) is -2.75. The Hall–Kier alpha value is -2.65. The van der Waals surface area contributed by atoms with Gasteiger partial charge in [0.15, 0.2) is 4.90 Å². The molecule has 1 aromatic heterocycles. The summed E-state index contributed by atoms with van der Waals surface area (Å²) in [5.41, 5.74) is 0.00219. The van der Waals surface area contributed by atoms with Crippen molar-refractivity contribution >= 4 is 25.8 Å². The van der Waals surface area contributed by atoms with E-state index in [1.54, 1.807) is 25.3 Å². The van der Waals surface area contributed by atoms with E-state index in [0.29, 0.717) is 28.9 Å². The van der Waals surface area contributed by atoms with Crippen LogP contribution in [0.4, 0.5) is 0 Å². The molecule has 0 amide bonds. The van der Waals surface area contributed by atoms with E-state index in [4.69, 9.17) is 4.74 Å². The van der Waals surface area contributed by atoms with Crippen molar-refractivity contribution in [3.05, 3.63) is 74.7 Å². The SMILES string of the molecule is CCCCc1nc(O)c(S(=O)(=O)c2ccc(Br)cc2)c(=O)n1C(CC)c1cccc(OC)c1. The average molecular weight is 535 g/mol. The molecule has 0 spiro atoms. The van der Waals surface area contributed by atoms with Gasteiger partial charge in [-0.05, 0) is 54.8 Å². The van der Waals surface area contributed by atoms with Crippen molar-refractivity contribution in [1.29, 1.82) is 0 Å². The molecule has 0 radical (unpaired) electrons. The van der Waals surface area contributed by atoms with Gasteiger partial charge >= 0.3 is 0 Å².